The molecule has 0 saturated heterocycles. The van der Waals surface area contributed by atoms with Crippen LogP contribution < -0.4 is 5.32 Å². The lowest BCUT2D eigenvalue weighted by atomic mass is 10.1. The van der Waals surface area contributed by atoms with E-state index in [1.54, 1.807) is 0 Å². The van der Waals surface area contributed by atoms with E-state index in [1.165, 1.54) is 23.3 Å². The smallest absolute Gasteiger partial charge is 0.224 e. The zero-order valence-corrected chi connectivity index (χ0v) is 12.1. The highest BCUT2D eigenvalue weighted by Gasteiger charge is 2.21. The van der Waals surface area contributed by atoms with Gasteiger partial charge in [-0.3, -0.25) is 4.79 Å². The number of carbonyl (C=O) groups excluding carboxylic acids is 1. The van der Waals surface area contributed by atoms with Gasteiger partial charge < -0.3 is 5.32 Å². The molecule has 4 heteroatoms. The second-order valence-electron chi connectivity index (χ2n) is 5.80. The van der Waals surface area contributed by atoms with Crippen LogP contribution in [0.3, 0.4) is 0 Å². The molecule has 1 N–H and O–H groups in total. The number of nitrogens with one attached hydrogen (secondary N) is 1. The Hall–Kier alpha value is -2.23. The average molecular weight is 301 g/mol. The van der Waals surface area contributed by atoms with Gasteiger partial charge in [0, 0.05) is 12.6 Å². The van der Waals surface area contributed by atoms with Crippen molar-refractivity contribution in [2.24, 2.45) is 5.92 Å². The zero-order chi connectivity index (χ0) is 15.5. The third-order valence-electron chi connectivity index (χ3n) is 4.01. The Kier molecular flexibility index (Phi) is 4.18. The molecule has 0 bridgehead atoms. The maximum Gasteiger partial charge on any atom is 0.224 e. The molecule has 0 aliphatic heterocycles. The Morgan fingerprint density at radius 1 is 1.05 bits per heavy atom. The summed E-state index contributed by atoms with van der Waals surface area (Å²) >= 11 is 0. The highest BCUT2D eigenvalue weighted by atomic mass is 19.1. The fourth-order valence-corrected chi connectivity index (χ4v) is 3.01. The SMILES string of the molecule is O=C(Cc1cc(F)cc(F)c1)NCC1Cc2ccccc2C1. The van der Waals surface area contributed by atoms with Crippen LogP contribution in [0.15, 0.2) is 42.5 Å². The van der Waals surface area contributed by atoms with Crippen molar-refractivity contribution in [3.05, 3.63) is 70.8 Å². The Morgan fingerprint density at radius 2 is 1.64 bits per heavy atom. The molecule has 2 aromatic carbocycles. The lowest BCUT2D eigenvalue weighted by Crippen LogP contribution is -2.30. The van der Waals surface area contributed by atoms with E-state index in [0.717, 1.165) is 18.9 Å². The maximum atomic E-state index is 13.1. The van der Waals surface area contributed by atoms with Gasteiger partial charge in [0.05, 0.1) is 6.42 Å². The van der Waals surface area contributed by atoms with Crippen LogP contribution in [0, 0.1) is 17.6 Å². The van der Waals surface area contributed by atoms with E-state index in [2.05, 4.69) is 17.4 Å². The molecule has 1 amide bonds. The van der Waals surface area contributed by atoms with Crippen molar-refractivity contribution < 1.29 is 13.6 Å². The molecule has 0 radical (unpaired) electrons. The number of fused-ring (bicyclic) bond motifs is 1. The fourth-order valence-electron chi connectivity index (χ4n) is 3.01. The van der Waals surface area contributed by atoms with Gasteiger partial charge in [0.25, 0.3) is 0 Å². The van der Waals surface area contributed by atoms with Crippen LogP contribution in [-0.2, 0) is 24.1 Å². The number of hydrogen-bond donors (Lipinski definition) is 1. The van der Waals surface area contributed by atoms with Crippen LogP contribution in [-0.4, -0.2) is 12.5 Å². The summed E-state index contributed by atoms with van der Waals surface area (Å²) in [6.07, 6.45) is 1.92. The minimum absolute atomic E-state index is 0.00561. The van der Waals surface area contributed by atoms with Crippen LogP contribution in [0.5, 0.6) is 0 Å². The van der Waals surface area contributed by atoms with Gasteiger partial charge in [0.15, 0.2) is 0 Å². The van der Waals surface area contributed by atoms with Gasteiger partial charge in [-0.05, 0) is 47.6 Å². The minimum Gasteiger partial charge on any atom is -0.356 e. The molecule has 0 saturated carbocycles. The van der Waals surface area contributed by atoms with Crippen molar-refractivity contribution in [3.63, 3.8) is 0 Å². The van der Waals surface area contributed by atoms with Crippen molar-refractivity contribution in [1.82, 2.24) is 5.32 Å². The summed E-state index contributed by atoms with van der Waals surface area (Å²) in [7, 11) is 0. The molecule has 0 aromatic heterocycles. The number of benzene rings is 2. The maximum absolute atomic E-state index is 13.1. The quantitative estimate of drug-likeness (QED) is 0.924. The van der Waals surface area contributed by atoms with Crippen molar-refractivity contribution in [1.29, 1.82) is 0 Å². The van der Waals surface area contributed by atoms with E-state index in [4.69, 9.17) is 0 Å². The summed E-state index contributed by atoms with van der Waals surface area (Å²) in [5, 5.41) is 2.86. The second-order valence-corrected chi connectivity index (χ2v) is 5.80. The third-order valence-corrected chi connectivity index (χ3v) is 4.01. The normalized spacial score (nSPS) is 13.9. The molecule has 2 aromatic rings. The predicted molar refractivity (Wildman–Crippen MR) is 80.4 cm³/mol. The molecule has 0 fully saturated rings. The standard InChI is InChI=1S/C18H17F2NO/c19-16-7-12(8-17(20)10-16)9-18(22)21-11-13-5-14-3-1-2-4-15(14)6-13/h1-4,7-8,10,13H,5-6,9,11H2,(H,21,22). The van der Waals surface area contributed by atoms with Crippen LogP contribution in [0.2, 0.25) is 0 Å². The molecule has 114 valence electrons. The molecule has 1 aliphatic rings. The summed E-state index contributed by atoms with van der Waals surface area (Å²) in [6.45, 7) is 0.589. The van der Waals surface area contributed by atoms with Gasteiger partial charge >= 0.3 is 0 Å². The highest BCUT2D eigenvalue weighted by molar-refractivity contribution is 5.78. The summed E-state index contributed by atoms with van der Waals surface area (Å²) in [4.78, 5) is 11.9. The zero-order valence-electron chi connectivity index (χ0n) is 12.1. The van der Waals surface area contributed by atoms with Crippen LogP contribution in [0.25, 0.3) is 0 Å². The van der Waals surface area contributed by atoms with E-state index in [9.17, 15) is 13.6 Å². The van der Waals surface area contributed by atoms with E-state index >= 15 is 0 Å². The van der Waals surface area contributed by atoms with Crippen molar-refractivity contribution >= 4 is 5.91 Å². The molecule has 0 atom stereocenters. The Balaban J connectivity index is 1.51. The van der Waals surface area contributed by atoms with E-state index in [-0.39, 0.29) is 12.3 Å². The van der Waals surface area contributed by atoms with Gasteiger partial charge in [-0.15, -0.1) is 0 Å². The minimum atomic E-state index is -0.658. The first-order chi connectivity index (χ1) is 10.6. The van der Waals surface area contributed by atoms with Gasteiger partial charge in [0.1, 0.15) is 11.6 Å². The van der Waals surface area contributed by atoms with E-state index in [1.807, 2.05) is 12.1 Å². The van der Waals surface area contributed by atoms with Crippen LogP contribution >= 0.6 is 0 Å². The Labute approximate surface area is 128 Å². The number of carbonyl (C=O) groups is 1. The molecular weight excluding hydrogens is 284 g/mol. The van der Waals surface area contributed by atoms with Gasteiger partial charge in [-0.1, -0.05) is 24.3 Å². The first-order valence-corrected chi connectivity index (χ1v) is 7.38. The van der Waals surface area contributed by atoms with Gasteiger partial charge in [0.2, 0.25) is 5.91 Å². The van der Waals surface area contributed by atoms with Crippen molar-refractivity contribution in [3.8, 4) is 0 Å². The number of halogens is 2. The third kappa shape index (κ3) is 3.50. The number of amides is 1. The fraction of sp³-hybridized carbons (Fsp3) is 0.278. The summed E-state index contributed by atoms with van der Waals surface area (Å²) in [5.41, 5.74) is 3.03. The lowest BCUT2D eigenvalue weighted by Gasteiger charge is -2.11. The Morgan fingerprint density at radius 3 is 2.23 bits per heavy atom. The molecule has 3 rings (SSSR count). The van der Waals surface area contributed by atoms with E-state index < -0.39 is 11.6 Å². The first kappa shape index (κ1) is 14.7. The summed E-state index contributed by atoms with van der Waals surface area (Å²) < 4.78 is 26.2. The van der Waals surface area contributed by atoms with Gasteiger partial charge in [-0.2, -0.15) is 0 Å². The average Bonchev–Trinajstić information content (AvgIpc) is 2.87. The van der Waals surface area contributed by atoms with Crippen LogP contribution in [0.4, 0.5) is 8.78 Å². The first-order valence-electron chi connectivity index (χ1n) is 7.38. The van der Waals surface area contributed by atoms with Gasteiger partial charge in [-0.25, -0.2) is 8.78 Å². The number of rotatable bonds is 4. The largest absolute Gasteiger partial charge is 0.356 e. The lowest BCUT2D eigenvalue weighted by molar-refractivity contribution is -0.120. The molecule has 22 heavy (non-hydrogen) atoms. The molecule has 0 unspecified atom stereocenters. The molecule has 0 heterocycles. The molecule has 1 aliphatic carbocycles. The highest BCUT2D eigenvalue weighted by Crippen LogP contribution is 2.25. The summed E-state index contributed by atoms with van der Waals surface area (Å²) in [6, 6.07) is 11.5. The predicted octanol–water partition coefficient (Wildman–Crippen LogP) is 3.04. The molecular formula is C18H17F2NO. The summed E-state index contributed by atoms with van der Waals surface area (Å²) in [5.74, 6) is -1.13. The topological polar surface area (TPSA) is 29.1 Å². The van der Waals surface area contributed by atoms with Crippen molar-refractivity contribution in [2.45, 2.75) is 19.3 Å². The molecule has 0 spiro atoms. The number of hydrogen-bond acceptors (Lipinski definition) is 1. The molecule has 2 nitrogen and oxygen atoms in total. The van der Waals surface area contributed by atoms with Crippen molar-refractivity contribution in [2.75, 3.05) is 6.54 Å². The monoisotopic (exact) mass is 301 g/mol. The Bertz CT molecular complexity index is 654. The second kappa shape index (κ2) is 6.26. The van der Waals surface area contributed by atoms with E-state index in [0.29, 0.717) is 18.0 Å². The van der Waals surface area contributed by atoms with Crippen LogP contribution in [0.1, 0.15) is 16.7 Å².